The standard InChI is InChI=1S/C20H22N6O2/c1-28-16-9-7-15(8-10-16)12-22-19-18(21)20(24-13-23-19)26-25-17(27)11-14-5-3-2-4-6-14/h2-10,13H,11-12,21H2,1H3,(H,25,27)(H2,22,23,24,26). The number of nitrogen functional groups attached to an aromatic ring is 1. The second-order valence-corrected chi connectivity index (χ2v) is 6.02. The van der Waals surface area contributed by atoms with E-state index in [0.29, 0.717) is 23.9 Å². The summed E-state index contributed by atoms with van der Waals surface area (Å²) in [6.45, 7) is 0.533. The van der Waals surface area contributed by atoms with Crippen molar-refractivity contribution in [1.29, 1.82) is 0 Å². The third-order valence-corrected chi connectivity index (χ3v) is 4.03. The number of carbonyl (C=O) groups is 1. The second kappa shape index (κ2) is 9.22. The number of hydrogen-bond acceptors (Lipinski definition) is 7. The van der Waals surface area contributed by atoms with E-state index in [2.05, 4.69) is 26.1 Å². The number of ether oxygens (including phenoxy) is 1. The molecule has 0 atom stereocenters. The van der Waals surface area contributed by atoms with Crippen LogP contribution in [-0.4, -0.2) is 23.0 Å². The fourth-order valence-corrected chi connectivity index (χ4v) is 2.52. The average Bonchev–Trinajstić information content (AvgIpc) is 2.73. The molecule has 3 rings (SSSR count). The summed E-state index contributed by atoms with van der Waals surface area (Å²) in [5.41, 5.74) is 13.7. The number of carbonyl (C=O) groups excluding carboxylic acids is 1. The van der Waals surface area contributed by atoms with Gasteiger partial charge < -0.3 is 15.8 Å². The van der Waals surface area contributed by atoms with Gasteiger partial charge in [0, 0.05) is 6.54 Å². The monoisotopic (exact) mass is 378 g/mol. The zero-order valence-corrected chi connectivity index (χ0v) is 15.5. The molecule has 5 N–H and O–H groups in total. The van der Waals surface area contributed by atoms with Gasteiger partial charge in [0.1, 0.15) is 17.8 Å². The van der Waals surface area contributed by atoms with E-state index in [1.807, 2.05) is 54.6 Å². The maximum Gasteiger partial charge on any atom is 0.242 e. The SMILES string of the molecule is COc1ccc(CNc2ncnc(NNC(=O)Cc3ccccc3)c2N)cc1. The maximum atomic E-state index is 12.1. The predicted molar refractivity (Wildman–Crippen MR) is 109 cm³/mol. The molecular formula is C20H22N6O2. The fraction of sp³-hybridized carbons (Fsp3) is 0.150. The van der Waals surface area contributed by atoms with Gasteiger partial charge in [-0.15, -0.1) is 0 Å². The van der Waals surface area contributed by atoms with Gasteiger partial charge in [0.25, 0.3) is 0 Å². The molecule has 0 fully saturated rings. The number of methoxy groups -OCH3 is 1. The molecule has 0 aliphatic heterocycles. The molecule has 1 amide bonds. The summed E-state index contributed by atoms with van der Waals surface area (Å²) in [5.74, 6) is 1.40. The summed E-state index contributed by atoms with van der Waals surface area (Å²) < 4.78 is 5.15. The lowest BCUT2D eigenvalue weighted by molar-refractivity contribution is -0.119. The van der Waals surface area contributed by atoms with Crippen LogP contribution < -0.4 is 26.6 Å². The molecule has 8 nitrogen and oxygen atoms in total. The highest BCUT2D eigenvalue weighted by Gasteiger charge is 2.09. The van der Waals surface area contributed by atoms with E-state index in [1.165, 1.54) is 6.33 Å². The van der Waals surface area contributed by atoms with Crippen LogP contribution in [-0.2, 0) is 17.8 Å². The molecule has 0 saturated carbocycles. The van der Waals surface area contributed by atoms with Gasteiger partial charge in [-0.2, -0.15) is 0 Å². The molecule has 3 aromatic rings. The first-order valence-corrected chi connectivity index (χ1v) is 8.72. The molecule has 28 heavy (non-hydrogen) atoms. The Morgan fingerprint density at radius 3 is 2.43 bits per heavy atom. The van der Waals surface area contributed by atoms with Gasteiger partial charge in [-0.05, 0) is 23.3 Å². The van der Waals surface area contributed by atoms with Gasteiger partial charge in [0.05, 0.1) is 13.5 Å². The van der Waals surface area contributed by atoms with E-state index < -0.39 is 0 Å². The van der Waals surface area contributed by atoms with Crippen molar-refractivity contribution in [2.45, 2.75) is 13.0 Å². The molecule has 0 bridgehead atoms. The van der Waals surface area contributed by atoms with Crippen molar-refractivity contribution in [3.63, 3.8) is 0 Å². The van der Waals surface area contributed by atoms with E-state index in [4.69, 9.17) is 10.5 Å². The quantitative estimate of drug-likeness (QED) is 0.445. The minimum Gasteiger partial charge on any atom is -0.497 e. The highest BCUT2D eigenvalue weighted by Crippen LogP contribution is 2.22. The molecule has 144 valence electrons. The van der Waals surface area contributed by atoms with Crippen molar-refractivity contribution in [3.05, 3.63) is 72.1 Å². The Kier molecular flexibility index (Phi) is 6.25. The molecule has 8 heteroatoms. The largest absolute Gasteiger partial charge is 0.497 e. The number of hydrazine groups is 1. The van der Waals surface area contributed by atoms with Crippen LogP contribution in [0.4, 0.5) is 17.3 Å². The lowest BCUT2D eigenvalue weighted by atomic mass is 10.1. The Hall–Kier alpha value is -3.81. The van der Waals surface area contributed by atoms with Crippen LogP contribution in [0.5, 0.6) is 5.75 Å². The van der Waals surface area contributed by atoms with Crippen LogP contribution in [0.2, 0.25) is 0 Å². The maximum absolute atomic E-state index is 12.1. The number of nitrogens with zero attached hydrogens (tertiary/aromatic N) is 2. The molecule has 1 heterocycles. The highest BCUT2D eigenvalue weighted by molar-refractivity contribution is 5.81. The minimum atomic E-state index is -0.197. The molecule has 0 aliphatic rings. The molecule has 0 saturated heterocycles. The normalized spacial score (nSPS) is 10.2. The first-order valence-electron chi connectivity index (χ1n) is 8.72. The lowest BCUT2D eigenvalue weighted by Gasteiger charge is -2.13. The second-order valence-electron chi connectivity index (χ2n) is 6.02. The Morgan fingerprint density at radius 1 is 1.00 bits per heavy atom. The highest BCUT2D eigenvalue weighted by atomic mass is 16.5. The molecular weight excluding hydrogens is 356 g/mol. The number of aromatic nitrogens is 2. The van der Waals surface area contributed by atoms with Gasteiger partial charge in [0.15, 0.2) is 11.6 Å². The molecule has 1 aromatic heterocycles. The van der Waals surface area contributed by atoms with Crippen LogP contribution in [0.15, 0.2) is 60.9 Å². The van der Waals surface area contributed by atoms with Crippen LogP contribution in [0.3, 0.4) is 0 Å². The third-order valence-electron chi connectivity index (χ3n) is 4.03. The predicted octanol–water partition coefficient (Wildman–Crippen LogP) is 2.37. The first kappa shape index (κ1) is 19.0. The molecule has 0 aliphatic carbocycles. The topological polar surface area (TPSA) is 114 Å². The number of rotatable bonds is 8. The molecule has 0 unspecified atom stereocenters. The van der Waals surface area contributed by atoms with Gasteiger partial charge in [-0.3, -0.25) is 15.6 Å². The number of nitrogens with two attached hydrogens (primary N) is 1. The molecule has 0 spiro atoms. The van der Waals surface area contributed by atoms with Gasteiger partial charge >= 0.3 is 0 Å². The van der Waals surface area contributed by atoms with E-state index in [0.717, 1.165) is 16.9 Å². The Morgan fingerprint density at radius 2 is 1.71 bits per heavy atom. The molecule has 2 aromatic carbocycles. The number of benzene rings is 2. The number of amides is 1. The molecule has 0 radical (unpaired) electrons. The van der Waals surface area contributed by atoms with Crippen LogP contribution in [0, 0.1) is 0 Å². The Bertz CT molecular complexity index is 916. The smallest absolute Gasteiger partial charge is 0.242 e. The summed E-state index contributed by atoms with van der Waals surface area (Å²) in [5, 5.41) is 3.16. The Labute approximate surface area is 163 Å². The fourth-order valence-electron chi connectivity index (χ4n) is 2.52. The van der Waals surface area contributed by atoms with Crippen molar-refractivity contribution in [2.75, 3.05) is 23.6 Å². The zero-order chi connectivity index (χ0) is 19.8. The summed E-state index contributed by atoms with van der Waals surface area (Å²) in [7, 11) is 1.63. The number of anilines is 3. The Balaban J connectivity index is 1.56. The van der Waals surface area contributed by atoms with Crippen molar-refractivity contribution >= 4 is 23.2 Å². The minimum absolute atomic E-state index is 0.197. The van der Waals surface area contributed by atoms with E-state index in [-0.39, 0.29) is 12.3 Å². The van der Waals surface area contributed by atoms with Crippen LogP contribution in [0.1, 0.15) is 11.1 Å². The van der Waals surface area contributed by atoms with E-state index >= 15 is 0 Å². The average molecular weight is 378 g/mol. The van der Waals surface area contributed by atoms with Crippen LogP contribution >= 0.6 is 0 Å². The van der Waals surface area contributed by atoms with Crippen molar-refractivity contribution in [1.82, 2.24) is 15.4 Å². The lowest BCUT2D eigenvalue weighted by Crippen LogP contribution is -2.31. The number of nitrogens with one attached hydrogen (secondary N) is 3. The van der Waals surface area contributed by atoms with Gasteiger partial charge in [-0.25, -0.2) is 9.97 Å². The van der Waals surface area contributed by atoms with E-state index in [1.54, 1.807) is 7.11 Å². The van der Waals surface area contributed by atoms with Gasteiger partial charge in [0.2, 0.25) is 5.91 Å². The van der Waals surface area contributed by atoms with Gasteiger partial charge in [-0.1, -0.05) is 42.5 Å². The van der Waals surface area contributed by atoms with E-state index in [9.17, 15) is 4.79 Å². The summed E-state index contributed by atoms with van der Waals surface area (Å²) in [6.07, 6.45) is 1.62. The summed E-state index contributed by atoms with van der Waals surface area (Å²) >= 11 is 0. The zero-order valence-electron chi connectivity index (χ0n) is 15.5. The van der Waals surface area contributed by atoms with Crippen LogP contribution in [0.25, 0.3) is 0 Å². The first-order chi connectivity index (χ1) is 13.7. The van der Waals surface area contributed by atoms with Crippen molar-refractivity contribution in [3.8, 4) is 5.75 Å². The number of hydrogen-bond donors (Lipinski definition) is 4. The van der Waals surface area contributed by atoms with Crippen molar-refractivity contribution in [2.24, 2.45) is 0 Å². The van der Waals surface area contributed by atoms with Crippen molar-refractivity contribution < 1.29 is 9.53 Å². The summed E-state index contributed by atoms with van der Waals surface area (Å²) in [4.78, 5) is 20.3. The summed E-state index contributed by atoms with van der Waals surface area (Å²) in [6, 6.07) is 17.1. The third kappa shape index (κ3) is 5.10.